The van der Waals surface area contributed by atoms with Crippen LogP contribution in [0.4, 0.5) is 9.59 Å². The molecule has 9 heteroatoms. The fraction of sp³-hybridized carbons (Fsp3) is 0.239. The monoisotopic (exact) mass is 736 g/mol. The molecule has 9 nitrogen and oxygen atoms in total. The Morgan fingerprint density at radius 3 is 2.00 bits per heavy atom. The number of alkyl carbamates (subject to hydrolysis) is 1. The predicted molar refractivity (Wildman–Crippen MR) is 211 cm³/mol. The van der Waals surface area contributed by atoms with E-state index in [-0.39, 0.29) is 25.6 Å². The average Bonchev–Trinajstić information content (AvgIpc) is 3.71. The first kappa shape index (κ1) is 37.0. The number of aromatic nitrogens is 1. The molecule has 0 saturated carbocycles. The zero-order valence-electron chi connectivity index (χ0n) is 31.4. The minimum Gasteiger partial charge on any atom is -0.489 e. The second-order valence-corrected chi connectivity index (χ2v) is 14.8. The van der Waals surface area contributed by atoms with Crippen molar-refractivity contribution in [3.05, 3.63) is 161 Å². The number of ether oxygens (including phenoxy) is 4. The van der Waals surface area contributed by atoms with E-state index in [1.165, 1.54) is 10.1 Å². The van der Waals surface area contributed by atoms with Gasteiger partial charge < -0.3 is 24.3 Å². The summed E-state index contributed by atoms with van der Waals surface area (Å²) in [6.07, 6.45) is 0.374. The van der Waals surface area contributed by atoms with Crippen molar-refractivity contribution in [2.45, 2.75) is 64.9 Å². The lowest BCUT2D eigenvalue weighted by atomic mass is 9.98. The highest BCUT2D eigenvalue weighted by atomic mass is 16.6. The van der Waals surface area contributed by atoms with Crippen molar-refractivity contribution in [3.8, 4) is 16.9 Å². The van der Waals surface area contributed by atoms with Crippen LogP contribution in [-0.2, 0) is 38.6 Å². The summed E-state index contributed by atoms with van der Waals surface area (Å²) in [6, 6.07) is 37.9. The summed E-state index contributed by atoms with van der Waals surface area (Å²) in [4.78, 5) is 40.6. The molecule has 0 fully saturated rings. The highest BCUT2D eigenvalue weighted by Gasteiger charge is 2.31. The summed E-state index contributed by atoms with van der Waals surface area (Å²) >= 11 is 0. The maximum atomic E-state index is 13.8. The van der Waals surface area contributed by atoms with E-state index in [2.05, 4.69) is 17.4 Å². The Labute approximate surface area is 320 Å². The summed E-state index contributed by atoms with van der Waals surface area (Å²) < 4.78 is 24.7. The highest BCUT2D eigenvalue weighted by molar-refractivity contribution is 5.93. The molecular formula is C46H44N2O7. The van der Waals surface area contributed by atoms with Gasteiger partial charge in [-0.3, -0.25) is 4.57 Å². The van der Waals surface area contributed by atoms with Crippen LogP contribution in [0.1, 0.15) is 60.1 Å². The second-order valence-electron chi connectivity index (χ2n) is 14.8. The minimum atomic E-state index is -1.13. The van der Waals surface area contributed by atoms with Gasteiger partial charge in [-0.05, 0) is 84.8 Å². The van der Waals surface area contributed by atoms with Gasteiger partial charge in [-0.25, -0.2) is 14.4 Å². The molecule has 55 heavy (non-hydrogen) atoms. The number of aryl methyl sites for hydroxylation is 1. The molecule has 0 bridgehead atoms. The number of carbonyl (C=O) groups excluding carboxylic acids is 3. The smallest absolute Gasteiger partial charge is 0.419 e. The van der Waals surface area contributed by atoms with E-state index in [1.807, 2.05) is 116 Å². The Hall–Kier alpha value is -6.35. The third kappa shape index (κ3) is 8.73. The maximum absolute atomic E-state index is 13.8. The third-order valence-corrected chi connectivity index (χ3v) is 9.56. The number of fused-ring (bicyclic) bond motifs is 4. The van der Waals surface area contributed by atoms with Crippen LogP contribution in [0.2, 0.25) is 0 Å². The van der Waals surface area contributed by atoms with Gasteiger partial charge in [0.25, 0.3) is 0 Å². The molecular weight excluding hydrogens is 693 g/mol. The Balaban J connectivity index is 1.07. The lowest BCUT2D eigenvalue weighted by Crippen LogP contribution is -2.43. The zero-order valence-corrected chi connectivity index (χ0v) is 31.4. The van der Waals surface area contributed by atoms with Gasteiger partial charge in [-0.15, -0.1) is 0 Å². The fourth-order valence-electron chi connectivity index (χ4n) is 6.86. The Morgan fingerprint density at radius 1 is 0.727 bits per heavy atom. The van der Waals surface area contributed by atoms with E-state index in [0.717, 1.165) is 38.8 Å². The van der Waals surface area contributed by atoms with Crippen LogP contribution in [0.15, 0.2) is 128 Å². The van der Waals surface area contributed by atoms with E-state index >= 15 is 0 Å². The summed E-state index contributed by atoms with van der Waals surface area (Å²) in [7, 11) is 0. The van der Waals surface area contributed by atoms with Gasteiger partial charge in [0, 0.05) is 23.9 Å². The van der Waals surface area contributed by atoms with Crippen molar-refractivity contribution >= 4 is 29.1 Å². The summed E-state index contributed by atoms with van der Waals surface area (Å²) in [5.74, 6) is -0.117. The van der Waals surface area contributed by atoms with Crippen LogP contribution in [0, 0.1) is 6.92 Å². The van der Waals surface area contributed by atoms with Crippen LogP contribution in [0.5, 0.6) is 5.75 Å². The van der Waals surface area contributed by atoms with Crippen LogP contribution >= 0.6 is 0 Å². The van der Waals surface area contributed by atoms with Crippen molar-refractivity contribution in [1.29, 1.82) is 0 Å². The van der Waals surface area contributed by atoms with Gasteiger partial charge in [-0.1, -0.05) is 109 Å². The van der Waals surface area contributed by atoms with Crippen molar-refractivity contribution in [2.75, 3.05) is 6.61 Å². The number of nitrogens with one attached hydrogen (secondary N) is 1. The topological polar surface area (TPSA) is 105 Å². The van der Waals surface area contributed by atoms with E-state index in [4.69, 9.17) is 18.9 Å². The van der Waals surface area contributed by atoms with Crippen LogP contribution in [0.25, 0.3) is 22.0 Å². The van der Waals surface area contributed by atoms with Crippen molar-refractivity contribution in [2.24, 2.45) is 0 Å². The molecule has 6 aromatic rings. The lowest BCUT2D eigenvalue weighted by Gasteiger charge is -2.20. The maximum Gasteiger partial charge on any atom is 0.419 e. The Morgan fingerprint density at radius 2 is 1.33 bits per heavy atom. The summed E-state index contributed by atoms with van der Waals surface area (Å²) in [5, 5.41) is 3.52. The van der Waals surface area contributed by atoms with E-state index in [0.29, 0.717) is 23.4 Å². The van der Waals surface area contributed by atoms with Crippen LogP contribution < -0.4 is 10.1 Å². The number of hydrogen-bond donors (Lipinski definition) is 1. The molecule has 280 valence electrons. The molecule has 1 aromatic heterocycles. The SMILES string of the molecule is Cc1ccc(COc2ccc(COC(=O)[C@@H](Cc3cn(C(=O)OC(C)(C)C)c4ccccc34)NC(=O)OCC3c4ccccc4-c4ccccc43)cc2)cc1. The van der Waals surface area contributed by atoms with E-state index in [9.17, 15) is 14.4 Å². The molecule has 0 unspecified atom stereocenters. The fourth-order valence-corrected chi connectivity index (χ4v) is 6.86. The second kappa shape index (κ2) is 15.9. The van der Waals surface area contributed by atoms with Gasteiger partial charge in [0.15, 0.2) is 0 Å². The van der Waals surface area contributed by atoms with Gasteiger partial charge in [0.2, 0.25) is 0 Å². The zero-order chi connectivity index (χ0) is 38.5. The number of nitrogens with zero attached hydrogens (tertiary/aromatic N) is 1. The molecule has 1 aliphatic carbocycles. The Bertz CT molecular complexity index is 2270. The molecule has 0 spiro atoms. The molecule has 0 saturated heterocycles. The van der Waals surface area contributed by atoms with Crippen molar-refractivity contribution in [3.63, 3.8) is 0 Å². The minimum absolute atomic E-state index is 0.0282. The number of carbonyl (C=O) groups is 3. The van der Waals surface area contributed by atoms with E-state index in [1.54, 1.807) is 27.0 Å². The first-order chi connectivity index (χ1) is 26.5. The van der Waals surface area contributed by atoms with Crippen LogP contribution in [-0.4, -0.2) is 41.0 Å². The van der Waals surface area contributed by atoms with Gasteiger partial charge in [-0.2, -0.15) is 0 Å². The lowest BCUT2D eigenvalue weighted by molar-refractivity contribution is -0.147. The molecule has 1 amide bonds. The first-order valence-corrected chi connectivity index (χ1v) is 18.4. The molecule has 0 radical (unpaired) electrons. The van der Waals surface area contributed by atoms with Crippen molar-refractivity contribution in [1.82, 2.24) is 9.88 Å². The largest absolute Gasteiger partial charge is 0.489 e. The number of esters is 1. The van der Waals surface area contributed by atoms with Gasteiger partial charge in [0.1, 0.15) is 37.2 Å². The quantitative estimate of drug-likeness (QED) is 0.104. The standard InChI is InChI=1S/C46H44N2O7/c1-30-17-19-31(20-18-30)27-52-34-23-21-32(22-24-34)28-53-43(49)41(25-33-26-48(45(51)55-46(2,3)4)42-16-10-9-11-35(33)42)47-44(50)54-29-40-38-14-7-5-12-36(38)37-13-6-8-15-39(37)40/h5-24,26,40-41H,25,27-29H2,1-4H3,(H,47,50)/t41-/m1/s1. The third-order valence-electron chi connectivity index (χ3n) is 9.56. The van der Waals surface area contributed by atoms with Crippen molar-refractivity contribution < 1.29 is 33.3 Å². The number of benzene rings is 5. The number of amides is 1. The number of rotatable bonds is 11. The molecule has 0 aliphatic heterocycles. The molecule has 1 aliphatic rings. The molecule has 7 rings (SSSR count). The molecule has 1 atom stereocenters. The highest BCUT2D eigenvalue weighted by Crippen LogP contribution is 2.44. The summed E-state index contributed by atoms with van der Waals surface area (Å²) in [6.45, 7) is 7.93. The molecule has 5 aromatic carbocycles. The molecule has 1 N–H and O–H groups in total. The van der Waals surface area contributed by atoms with E-state index < -0.39 is 29.8 Å². The predicted octanol–water partition coefficient (Wildman–Crippen LogP) is 9.51. The first-order valence-electron chi connectivity index (χ1n) is 18.4. The van der Waals surface area contributed by atoms with Gasteiger partial charge >= 0.3 is 18.2 Å². The van der Waals surface area contributed by atoms with Crippen LogP contribution in [0.3, 0.4) is 0 Å². The average molecular weight is 737 g/mol. The molecule has 1 heterocycles. The Kier molecular flexibility index (Phi) is 10.7. The number of hydrogen-bond acceptors (Lipinski definition) is 7. The van der Waals surface area contributed by atoms with Gasteiger partial charge in [0.05, 0.1) is 5.52 Å². The normalized spacial score (nSPS) is 12.7. The number of para-hydroxylation sites is 1. The summed E-state index contributed by atoms with van der Waals surface area (Å²) in [5.41, 5.74) is 7.93.